The molecular formula is C27H37N5O3. The van der Waals surface area contributed by atoms with Crippen molar-refractivity contribution in [2.45, 2.75) is 83.8 Å². The fraction of sp³-hybridized carbons (Fsp3) is 0.593. The van der Waals surface area contributed by atoms with Gasteiger partial charge in [-0.1, -0.05) is 62.8 Å². The van der Waals surface area contributed by atoms with Gasteiger partial charge in [-0.3, -0.25) is 13.9 Å². The fourth-order valence-electron chi connectivity index (χ4n) is 5.82. The van der Waals surface area contributed by atoms with Crippen LogP contribution in [0.15, 0.2) is 33.9 Å². The second-order valence-corrected chi connectivity index (χ2v) is 10.3. The molecule has 2 aliphatic rings. The summed E-state index contributed by atoms with van der Waals surface area (Å²) in [7, 11) is 1.59. The second-order valence-electron chi connectivity index (χ2n) is 10.3. The lowest BCUT2D eigenvalue weighted by Crippen LogP contribution is -2.42. The van der Waals surface area contributed by atoms with E-state index in [0.29, 0.717) is 48.5 Å². The third-order valence-electron chi connectivity index (χ3n) is 7.84. The molecule has 0 aliphatic heterocycles. The van der Waals surface area contributed by atoms with Crippen molar-refractivity contribution in [1.82, 2.24) is 24.6 Å². The molecule has 2 saturated carbocycles. The molecule has 2 fully saturated rings. The number of H-pyrrole nitrogens is 1. The van der Waals surface area contributed by atoms with E-state index in [0.717, 1.165) is 36.8 Å². The third-order valence-corrected chi connectivity index (χ3v) is 7.84. The number of aromatic amines is 1. The number of fused-ring (bicyclic) bond motifs is 1. The molecule has 8 nitrogen and oxygen atoms in total. The van der Waals surface area contributed by atoms with Crippen molar-refractivity contribution in [3.05, 3.63) is 50.7 Å². The monoisotopic (exact) mass is 479 g/mol. The quantitative estimate of drug-likeness (QED) is 0.468. The van der Waals surface area contributed by atoms with Crippen molar-refractivity contribution < 1.29 is 4.84 Å². The molecular weight excluding hydrogens is 442 g/mol. The van der Waals surface area contributed by atoms with Crippen LogP contribution in [0.4, 0.5) is 0 Å². The molecule has 3 aromatic rings. The molecule has 0 atom stereocenters. The van der Waals surface area contributed by atoms with Gasteiger partial charge in [0.2, 0.25) is 0 Å². The van der Waals surface area contributed by atoms with Crippen LogP contribution in [0.2, 0.25) is 0 Å². The Balaban J connectivity index is 1.55. The first-order valence-electron chi connectivity index (χ1n) is 13.2. The maximum absolute atomic E-state index is 13.7. The molecule has 2 N–H and O–H groups in total. The summed E-state index contributed by atoms with van der Waals surface area (Å²) in [6.07, 6.45) is 11.7. The van der Waals surface area contributed by atoms with Crippen LogP contribution in [0.3, 0.4) is 0 Å². The van der Waals surface area contributed by atoms with E-state index in [1.807, 2.05) is 28.8 Å². The molecule has 0 amide bonds. The summed E-state index contributed by atoms with van der Waals surface area (Å²) in [5.41, 5.74) is 5.29. The fourth-order valence-corrected chi connectivity index (χ4v) is 5.82. The zero-order valence-corrected chi connectivity index (χ0v) is 20.7. The van der Waals surface area contributed by atoms with Crippen molar-refractivity contribution in [3.63, 3.8) is 0 Å². The van der Waals surface area contributed by atoms with E-state index in [2.05, 4.69) is 10.5 Å². The molecule has 0 bridgehead atoms. The molecule has 0 radical (unpaired) electrons. The molecule has 5 rings (SSSR count). The lowest BCUT2D eigenvalue weighted by Gasteiger charge is -2.24. The molecule has 8 heteroatoms. The highest BCUT2D eigenvalue weighted by molar-refractivity contribution is 5.75. The minimum Gasteiger partial charge on any atom is -0.324 e. The summed E-state index contributed by atoms with van der Waals surface area (Å²) in [6.45, 7) is 1.74. The third kappa shape index (κ3) is 5.28. The highest BCUT2D eigenvalue weighted by Gasteiger charge is 2.24. The summed E-state index contributed by atoms with van der Waals surface area (Å²) < 4.78 is 3.29. The maximum atomic E-state index is 13.7. The Morgan fingerprint density at radius 1 is 0.914 bits per heavy atom. The summed E-state index contributed by atoms with van der Waals surface area (Å²) in [6, 6.07) is 7.97. The van der Waals surface area contributed by atoms with Crippen LogP contribution < -0.4 is 16.7 Å². The Morgan fingerprint density at radius 3 is 2.11 bits per heavy atom. The number of rotatable bonds is 8. The normalized spacial score (nSPS) is 17.9. The van der Waals surface area contributed by atoms with Gasteiger partial charge < -0.3 is 9.82 Å². The van der Waals surface area contributed by atoms with E-state index >= 15 is 0 Å². The molecule has 2 aromatic heterocycles. The Hall–Kier alpha value is -2.71. The highest BCUT2D eigenvalue weighted by Crippen LogP contribution is 2.27. The smallest absolute Gasteiger partial charge is 0.324 e. The number of imidazole rings is 1. The molecule has 188 valence electrons. The van der Waals surface area contributed by atoms with Gasteiger partial charge in [-0.05, 0) is 43.1 Å². The predicted molar refractivity (Wildman–Crippen MR) is 137 cm³/mol. The molecule has 2 heterocycles. The van der Waals surface area contributed by atoms with Gasteiger partial charge in [0.25, 0.3) is 5.56 Å². The van der Waals surface area contributed by atoms with E-state index < -0.39 is 0 Å². The number of nitrogens with zero attached hydrogens (tertiary/aromatic N) is 3. The predicted octanol–water partition coefficient (Wildman–Crippen LogP) is 4.36. The summed E-state index contributed by atoms with van der Waals surface area (Å²) in [5, 5.41) is 0. The highest BCUT2D eigenvalue weighted by atomic mass is 16.6. The summed E-state index contributed by atoms with van der Waals surface area (Å²) in [4.78, 5) is 40.2. The Kier molecular flexibility index (Phi) is 7.48. The Morgan fingerprint density at radius 2 is 1.51 bits per heavy atom. The van der Waals surface area contributed by atoms with Crippen molar-refractivity contribution in [2.24, 2.45) is 11.8 Å². The SMILES string of the molecule is CONCc1ccc(-c2nc3c(=O)n(CC4CCCCC4)c(=O)n(CC4CCCCC4)c3[nH]2)cc1. The lowest BCUT2D eigenvalue weighted by atomic mass is 9.89. The number of hydroxylamine groups is 1. The van der Waals surface area contributed by atoms with E-state index in [-0.39, 0.29) is 11.2 Å². The molecule has 0 unspecified atom stereocenters. The van der Waals surface area contributed by atoms with Crippen LogP contribution in [0.1, 0.15) is 69.8 Å². The van der Waals surface area contributed by atoms with Crippen LogP contribution in [0.25, 0.3) is 22.6 Å². The molecule has 35 heavy (non-hydrogen) atoms. The van der Waals surface area contributed by atoms with Gasteiger partial charge in [0.1, 0.15) is 11.5 Å². The van der Waals surface area contributed by atoms with Crippen molar-refractivity contribution >= 4 is 11.2 Å². The van der Waals surface area contributed by atoms with Gasteiger partial charge in [0.05, 0.1) is 7.11 Å². The van der Waals surface area contributed by atoms with Crippen LogP contribution in [-0.4, -0.2) is 26.2 Å². The van der Waals surface area contributed by atoms with E-state index in [4.69, 9.17) is 9.82 Å². The zero-order valence-electron chi connectivity index (χ0n) is 20.7. The van der Waals surface area contributed by atoms with E-state index in [9.17, 15) is 9.59 Å². The van der Waals surface area contributed by atoms with Gasteiger partial charge in [-0.15, -0.1) is 0 Å². The number of benzene rings is 1. The van der Waals surface area contributed by atoms with Gasteiger partial charge in [0.15, 0.2) is 5.52 Å². The first kappa shape index (κ1) is 24.0. The average Bonchev–Trinajstić information content (AvgIpc) is 3.35. The van der Waals surface area contributed by atoms with E-state index in [1.165, 1.54) is 43.1 Å². The molecule has 0 saturated heterocycles. The zero-order chi connectivity index (χ0) is 24.2. The van der Waals surface area contributed by atoms with Crippen LogP contribution >= 0.6 is 0 Å². The summed E-state index contributed by atoms with van der Waals surface area (Å²) in [5.74, 6) is 1.47. The van der Waals surface area contributed by atoms with Gasteiger partial charge in [0, 0.05) is 25.2 Å². The lowest BCUT2D eigenvalue weighted by molar-refractivity contribution is 0.0867. The molecule has 2 aliphatic carbocycles. The number of aromatic nitrogens is 4. The number of hydrogen-bond acceptors (Lipinski definition) is 5. The van der Waals surface area contributed by atoms with Gasteiger partial charge >= 0.3 is 5.69 Å². The largest absolute Gasteiger partial charge is 0.332 e. The first-order chi connectivity index (χ1) is 17.1. The second kappa shape index (κ2) is 10.9. The van der Waals surface area contributed by atoms with Crippen molar-refractivity contribution in [1.29, 1.82) is 0 Å². The molecule has 1 aromatic carbocycles. The topological polar surface area (TPSA) is 93.9 Å². The van der Waals surface area contributed by atoms with Gasteiger partial charge in [-0.25, -0.2) is 9.78 Å². The summed E-state index contributed by atoms with van der Waals surface area (Å²) >= 11 is 0. The Bertz CT molecular complexity index is 1240. The standard InChI is InChI=1S/C27H37N5O3/c1-35-28-16-19-12-14-22(15-13-19)24-29-23-25(30-24)31(17-20-8-4-2-5-9-20)27(34)32(26(23)33)18-21-10-6-3-7-11-21/h12-15,20-21,28H,2-11,16-18H2,1H3,(H,29,30). The molecule has 0 spiro atoms. The van der Waals surface area contributed by atoms with Crippen molar-refractivity contribution in [2.75, 3.05) is 7.11 Å². The number of nitrogens with one attached hydrogen (secondary N) is 2. The van der Waals surface area contributed by atoms with Crippen LogP contribution in [0, 0.1) is 11.8 Å². The minimum atomic E-state index is -0.265. The van der Waals surface area contributed by atoms with E-state index in [1.54, 1.807) is 7.11 Å². The van der Waals surface area contributed by atoms with Gasteiger partial charge in [-0.2, -0.15) is 5.48 Å². The first-order valence-corrected chi connectivity index (χ1v) is 13.2. The van der Waals surface area contributed by atoms with Crippen LogP contribution in [0.5, 0.6) is 0 Å². The van der Waals surface area contributed by atoms with Crippen LogP contribution in [-0.2, 0) is 24.5 Å². The minimum absolute atomic E-state index is 0.185. The number of hydrogen-bond donors (Lipinski definition) is 2. The maximum Gasteiger partial charge on any atom is 0.332 e. The van der Waals surface area contributed by atoms with Crippen molar-refractivity contribution in [3.8, 4) is 11.4 Å². The Labute approximate surface area is 205 Å². The average molecular weight is 480 g/mol.